The van der Waals surface area contributed by atoms with Crippen LogP contribution in [-0.2, 0) is 41.4 Å². The molecule has 6 rings (SSSR count). The summed E-state index contributed by atoms with van der Waals surface area (Å²) in [5.74, 6) is 0.352. The summed E-state index contributed by atoms with van der Waals surface area (Å²) in [6, 6.07) is 15.7. The topological polar surface area (TPSA) is 162 Å². The van der Waals surface area contributed by atoms with E-state index in [1.165, 1.54) is 6.92 Å². The Balaban J connectivity index is 1.14. The van der Waals surface area contributed by atoms with Crippen LogP contribution in [0.2, 0.25) is 5.15 Å². The van der Waals surface area contributed by atoms with Crippen LogP contribution in [0, 0.1) is 0 Å². The van der Waals surface area contributed by atoms with Gasteiger partial charge in [0.25, 0.3) is 0 Å². The highest BCUT2D eigenvalue weighted by Gasteiger charge is 2.50. The lowest BCUT2D eigenvalue weighted by molar-refractivity contribution is -0.0993. The molecule has 0 aliphatic carbocycles. The Hall–Kier alpha value is -4.37. The van der Waals surface area contributed by atoms with Crippen LogP contribution < -0.4 is 0 Å². The number of nitrogens with one attached hydrogen (secondary N) is 1. The van der Waals surface area contributed by atoms with Gasteiger partial charge in [-0.2, -0.15) is 5.21 Å². The van der Waals surface area contributed by atoms with Crippen LogP contribution in [0.25, 0.3) is 22.5 Å². The number of ether oxygens (including phenoxy) is 6. The quantitative estimate of drug-likeness (QED) is 0.165. The van der Waals surface area contributed by atoms with Gasteiger partial charge in [0.2, 0.25) is 12.1 Å². The van der Waals surface area contributed by atoms with E-state index in [1.807, 2.05) is 48.5 Å². The van der Waals surface area contributed by atoms with Gasteiger partial charge in [-0.3, -0.25) is 0 Å². The molecule has 0 amide bonds. The Morgan fingerprint density at radius 2 is 1.77 bits per heavy atom. The molecule has 2 aliphatic rings. The van der Waals surface area contributed by atoms with Crippen LogP contribution in [0.3, 0.4) is 0 Å². The van der Waals surface area contributed by atoms with Crippen LogP contribution in [0.4, 0.5) is 4.79 Å². The first-order chi connectivity index (χ1) is 22.9. The lowest BCUT2D eigenvalue weighted by Crippen LogP contribution is -2.35. The summed E-state index contributed by atoms with van der Waals surface area (Å²) in [4.78, 5) is 30.5. The number of unbranched alkanes of at least 4 members (excludes halogenated alkanes) is 1. The van der Waals surface area contributed by atoms with Crippen molar-refractivity contribution in [3.63, 3.8) is 0 Å². The van der Waals surface area contributed by atoms with Crippen molar-refractivity contribution in [2.75, 3.05) is 20.3 Å². The first kappa shape index (κ1) is 32.6. The maximum atomic E-state index is 13.4. The number of halogens is 1. The first-order valence-electron chi connectivity index (χ1n) is 15.4. The number of carbonyl (C=O) groups is 2. The number of aryl methyl sites for hydroxylation is 1. The molecule has 2 aromatic heterocycles. The van der Waals surface area contributed by atoms with Crippen LogP contribution in [0.5, 0.6) is 0 Å². The Bertz CT molecular complexity index is 1680. The summed E-state index contributed by atoms with van der Waals surface area (Å²) >= 11 is 6.52. The molecule has 248 valence electrons. The van der Waals surface area contributed by atoms with Crippen molar-refractivity contribution in [1.29, 1.82) is 0 Å². The molecule has 0 bridgehead atoms. The molecule has 47 heavy (non-hydrogen) atoms. The molecule has 1 unspecified atom stereocenters. The molecular formula is C32H35ClN6O8. The van der Waals surface area contributed by atoms with E-state index in [-0.39, 0.29) is 29.7 Å². The van der Waals surface area contributed by atoms with Crippen LogP contribution in [-0.4, -0.2) is 93.3 Å². The number of esters is 1. The SMILES string of the molecule is CCCCc1nc(Cl)c(C(=O)OC(C)OC(=O)O[C@H]2CO[C@H]3[C@@H]2OC[C@H]3OC)n1Cc1ccc(-c2ccccc2-c2nn[nH]n2)cc1. The number of nitrogens with zero attached hydrogens (tertiary/aromatic N) is 5. The van der Waals surface area contributed by atoms with E-state index in [9.17, 15) is 9.59 Å². The highest BCUT2D eigenvalue weighted by molar-refractivity contribution is 6.32. The summed E-state index contributed by atoms with van der Waals surface area (Å²) in [6.07, 6.45) is -1.62. The molecule has 2 saturated heterocycles. The lowest BCUT2D eigenvalue weighted by atomic mass is 9.98. The molecule has 0 spiro atoms. The number of hydrogen-bond acceptors (Lipinski definition) is 12. The van der Waals surface area contributed by atoms with Gasteiger partial charge in [-0.15, -0.1) is 10.2 Å². The molecule has 15 heteroatoms. The molecule has 0 saturated carbocycles. The van der Waals surface area contributed by atoms with Gasteiger partial charge < -0.3 is 33.0 Å². The van der Waals surface area contributed by atoms with Gasteiger partial charge in [0.05, 0.1) is 13.2 Å². The van der Waals surface area contributed by atoms with Crippen molar-refractivity contribution < 1.29 is 38.0 Å². The predicted octanol–water partition coefficient (Wildman–Crippen LogP) is 4.61. The Morgan fingerprint density at radius 1 is 1.04 bits per heavy atom. The molecule has 4 aromatic rings. The number of hydrogen-bond donors (Lipinski definition) is 1. The number of imidazole rings is 1. The third-order valence-electron chi connectivity index (χ3n) is 8.12. The highest BCUT2D eigenvalue weighted by atomic mass is 35.5. The minimum Gasteiger partial charge on any atom is -0.426 e. The van der Waals surface area contributed by atoms with Gasteiger partial charge in [0, 0.05) is 32.6 Å². The minimum absolute atomic E-state index is 0.00163. The molecule has 14 nitrogen and oxygen atoms in total. The summed E-state index contributed by atoms with van der Waals surface area (Å²) < 4.78 is 34.6. The second-order valence-electron chi connectivity index (χ2n) is 11.2. The van der Waals surface area contributed by atoms with Gasteiger partial charge >= 0.3 is 12.1 Å². The number of rotatable bonds is 12. The van der Waals surface area contributed by atoms with Crippen LogP contribution in [0.1, 0.15) is 48.6 Å². The summed E-state index contributed by atoms with van der Waals surface area (Å²) in [5, 5.41) is 14.4. The van der Waals surface area contributed by atoms with E-state index >= 15 is 0 Å². The zero-order chi connectivity index (χ0) is 32.9. The molecule has 2 fully saturated rings. The second-order valence-corrected chi connectivity index (χ2v) is 11.6. The number of aromatic nitrogens is 6. The Morgan fingerprint density at radius 3 is 2.47 bits per heavy atom. The normalized spacial score (nSPS) is 20.9. The van der Waals surface area contributed by atoms with Gasteiger partial charge in [-0.25, -0.2) is 14.6 Å². The van der Waals surface area contributed by atoms with Crippen molar-refractivity contribution in [3.8, 4) is 22.5 Å². The predicted molar refractivity (Wildman–Crippen MR) is 167 cm³/mol. The van der Waals surface area contributed by atoms with Crippen molar-refractivity contribution in [3.05, 3.63) is 70.8 Å². The smallest absolute Gasteiger partial charge is 0.426 e. The van der Waals surface area contributed by atoms with E-state index in [1.54, 1.807) is 11.7 Å². The number of carbonyl (C=O) groups excluding carboxylic acids is 2. The number of methoxy groups -OCH3 is 1. The monoisotopic (exact) mass is 666 g/mol. The fourth-order valence-electron chi connectivity index (χ4n) is 5.79. The molecular weight excluding hydrogens is 632 g/mol. The van der Waals surface area contributed by atoms with Crippen molar-refractivity contribution in [1.82, 2.24) is 30.2 Å². The standard InChI is InChI=1S/C32H35ClN6O8/c1-4-5-10-25-34-29(33)26(31(40)45-18(2)46-32(41)47-24-17-44-27-23(42-3)16-43-28(24)27)39(25)15-19-11-13-20(14-12-19)21-8-6-7-9-22(21)30-35-37-38-36-30/h6-9,11-14,18,23-24,27-28H,4-5,10,15-17H2,1-3H3,(H,35,36,37,38)/t18?,23-,24+,27-,28-/m1/s1. The van der Waals surface area contributed by atoms with Crippen molar-refractivity contribution in [2.45, 2.75) is 70.4 Å². The zero-order valence-corrected chi connectivity index (χ0v) is 26.9. The Labute approximate surface area is 275 Å². The number of tetrazole rings is 1. The fraction of sp³-hybridized carbons (Fsp3) is 0.438. The molecule has 0 radical (unpaired) electrons. The van der Waals surface area contributed by atoms with Gasteiger partial charge in [-0.1, -0.05) is 73.5 Å². The van der Waals surface area contributed by atoms with Crippen molar-refractivity contribution in [2.24, 2.45) is 0 Å². The second kappa shape index (κ2) is 14.6. The fourth-order valence-corrected chi connectivity index (χ4v) is 6.06. The van der Waals surface area contributed by atoms with Crippen LogP contribution in [0.15, 0.2) is 48.5 Å². The molecule has 4 heterocycles. The van der Waals surface area contributed by atoms with Crippen LogP contribution >= 0.6 is 11.6 Å². The van der Waals surface area contributed by atoms with Crippen molar-refractivity contribution >= 4 is 23.7 Å². The number of benzene rings is 2. The zero-order valence-electron chi connectivity index (χ0n) is 26.1. The van der Waals surface area contributed by atoms with E-state index in [0.29, 0.717) is 31.2 Å². The van der Waals surface area contributed by atoms with E-state index in [2.05, 4.69) is 32.5 Å². The first-order valence-corrected chi connectivity index (χ1v) is 15.7. The van der Waals surface area contributed by atoms with Gasteiger partial charge in [-0.05, 0) is 28.3 Å². The summed E-state index contributed by atoms with van der Waals surface area (Å²) in [7, 11) is 1.57. The molecule has 2 aromatic carbocycles. The van der Waals surface area contributed by atoms with Gasteiger partial charge in [0.1, 0.15) is 24.1 Å². The van der Waals surface area contributed by atoms with E-state index in [4.69, 9.17) is 40.0 Å². The van der Waals surface area contributed by atoms with E-state index < -0.39 is 30.6 Å². The molecule has 5 atom stereocenters. The lowest BCUT2D eigenvalue weighted by Gasteiger charge is -2.19. The maximum Gasteiger partial charge on any atom is 0.511 e. The minimum atomic E-state index is -1.28. The molecule has 1 N–H and O–H groups in total. The average Bonchev–Trinajstić information content (AvgIpc) is 3.87. The maximum absolute atomic E-state index is 13.4. The number of fused-ring (bicyclic) bond motifs is 1. The highest BCUT2D eigenvalue weighted by Crippen LogP contribution is 2.32. The Kier molecular flexibility index (Phi) is 10.1. The van der Waals surface area contributed by atoms with Gasteiger partial charge in [0.15, 0.2) is 17.0 Å². The molecule has 2 aliphatic heterocycles. The third kappa shape index (κ3) is 7.15. The largest absolute Gasteiger partial charge is 0.511 e. The summed E-state index contributed by atoms with van der Waals surface area (Å²) in [6.45, 7) is 4.26. The number of aromatic amines is 1. The summed E-state index contributed by atoms with van der Waals surface area (Å²) in [5.41, 5.74) is 3.71. The van der Waals surface area contributed by atoms with E-state index in [0.717, 1.165) is 35.1 Å². The average molecular weight is 667 g/mol. The third-order valence-corrected chi connectivity index (χ3v) is 8.38. The number of H-pyrrole nitrogens is 1.